The molecule has 1 heterocycles. The standard InChI is InChI=1S/C11H21N5O2/c1-9-8-14-11(16-12)15-10(9)13-4-3-5-18-7-6-17-2/h8H,3-7,12H2,1-2H3,(H2,13,14,15,16). The fourth-order valence-corrected chi connectivity index (χ4v) is 1.32. The molecule has 7 heteroatoms. The van der Waals surface area contributed by atoms with Crippen LogP contribution >= 0.6 is 0 Å². The minimum absolute atomic E-state index is 0.402. The van der Waals surface area contributed by atoms with E-state index in [4.69, 9.17) is 15.3 Å². The van der Waals surface area contributed by atoms with Crippen LogP contribution in [0.1, 0.15) is 12.0 Å². The van der Waals surface area contributed by atoms with Crippen molar-refractivity contribution in [2.75, 3.05) is 44.2 Å². The van der Waals surface area contributed by atoms with E-state index < -0.39 is 0 Å². The Morgan fingerprint density at radius 1 is 1.33 bits per heavy atom. The lowest BCUT2D eigenvalue weighted by Crippen LogP contribution is -2.14. The van der Waals surface area contributed by atoms with Crippen LogP contribution in [0.2, 0.25) is 0 Å². The summed E-state index contributed by atoms with van der Waals surface area (Å²) in [6.07, 6.45) is 2.62. The van der Waals surface area contributed by atoms with Gasteiger partial charge in [-0.1, -0.05) is 0 Å². The molecule has 1 rings (SSSR count). The van der Waals surface area contributed by atoms with Crippen LogP contribution in [0.25, 0.3) is 0 Å². The molecule has 7 nitrogen and oxygen atoms in total. The molecule has 18 heavy (non-hydrogen) atoms. The zero-order valence-corrected chi connectivity index (χ0v) is 10.9. The van der Waals surface area contributed by atoms with Gasteiger partial charge in [0.1, 0.15) is 5.82 Å². The summed E-state index contributed by atoms with van der Waals surface area (Å²) in [7, 11) is 1.66. The van der Waals surface area contributed by atoms with E-state index in [2.05, 4.69) is 20.7 Å². The number of hydrogen-bond donors (Lipinski definition) is 3. The number of nitrogen functional groups attached to an aromatic ring is 1. The molecule has 0 aromatic carbocycles. The largest absolute Gasteiger partial charge is 0.382 e. The van der Waals surface area contributed by atoms with E-state index in [1.165, 1.54) is 0 Å². The predicted molar refractivity (Wildman–Crippen MR) is 70.4 cm³/mol. The van der Waals surface area contributed by atoms with Crippen LogP contribution in [0.15, 0.2) is 6.20 Å². The first kappa shape index (κ1) is 14.6. The summed E-state index contributed by atoms with van der Waals surface area (Å²) < 4.78 is 10.2. The maximum Gasteiger partial charge on any atom is 0.239 e. The Balaban J connectivity index is 2.22. The quantitative estimate of drug-likeness (QED) is 0.337. The van der Waals surface area contributed by atoms with Gasteiger partial charge >= 0.3 is 0 Å². The van der Waals surface area contributed by atoms with Crippen LogP contribution in [-0.2, 0) is 9.47 Å². The zero-order valence-electron chi connectivity index (χ0n) is 10.9. The number of methoxy groups -OCH3 is 1. The van der Waals surface area contributed by atoms with Gasteiger partial charge in [-0.15, -0.1) is 0 Å². The Hall–Kier alpha value is -1.44. The first-order valence-electron chi connectivity index (χ1n) is 5.88. The van der Waals surface area contributed by atoms with Crippen LogP contribution in [0.5, 0.6) is 0 Å². The average Bonchev–Trinajstić information content (AvgIpc) is 2.39. The minimum atomic E-state index is 0.402. The van der Waals surface area contributed by atoms with E-state index in [1.54, 1.807) is 13.3 Å². The number of rotatable bonds is 9. The second-order valence-electron chi connectivity index (χ2n) is 3.76. The molecular weight excluding hydrogens is 234 g/mol. The molecule has 0 amide bonds. The highest BCUT2D eigenvalue weighted by Crippen LogP contribution is 2.11. The lowest BCUT2D eigenvalue weighted by atomic mass is 10.3. The number of hydrogen-bond acceptors (Lipinski definition) is 7. The van der Waals surface area contributed by atoms with Gasteiger partial charge in [-0.25, -0.2) is 10.8 Å². The van der Waals surface area contributed by atoms with E-state index in [-0.39, 0.29) is 0 Å². The molecular formula is C11H21N5O2. The Morgan fingerprint density at radius 2 is 2.17 bits per heavy atom. The summed E-state index contributed by atoms with van der Waals surface area (Å²) in [4.78, 5) is 8.23. The summed E-state index contributed by atoms with van der Waals surface area (Å²) in [6.45, 7) is 4.68. The monoisotopic (exact) mass is 255 g/mol. The number of nitrogens with one attached hydrogen (secondary N) is 2. The van der Waals surface area contributed by atoms with Gasteiger partial charge < -0.3 is 14.8 Å². The van der Waals surface area contributed by atoms with Gasteiger partial charge in [0.25, 0.3) is 0 Å². The molecule has 1 aromatic heterocycles. The third-order valence-electron chi connectivity index (χ3n) is 2.29. The van der Waals surface area contributed by atoms with E-state index in [0.717, 1.165) is 24.3 Å². The lowest BCUT2D eigenvalue weighted by Gasteiger charge is -2.09. The molecule has 0 unspecified atom stereocenters. The molecule has 0 radical (unpaired) electrons. The smallest absolute Gasteiger partial charge is 0.239 e. The number of nitrogens with two attached hydrogens (primary N) is 1. The van der Waals surface area contributed by atoms with Gasteiger partial charge in [0.15, 0.2) is 0 Å². The van der Waals surface area contributed by atoms with Crippen molar-refractivity contribution in [2.45, 2.75) is 13.3 Å². The summed E-state index contributed by atoms with van der Waals surface area (Å²) in [5.41, 5.74) is 3.40. The van der Waals surface area contributed by atoms with Gasteiger partial charge in [0.2, 0.25) is 5.95 Å². The van der Waals surface area contributed by atoms with Crippen LogP contribution in [0.3, 0.4) is 0 Å². The van der Waals surface area contributed by atoms with Crippen LogP contribution in [0, 0.1) is 6.92 Å². The van der Waals surface area contributed by atoms with Crippen LogP contribution < -0.4 is 16.6 Å². The maximum atomic E-state index is 5.36. The number of anilines is 2. The topological polar surface area (TPSA) is 94.3 Å². The number of nitrogens with zero attached hydrogens (tertiary/aromatic N) is 2. The molecule has 0 aliphatic rings. The Kier molecular flexibility index (Phi) is 7.00. The van der Waals surface area contributed by atoms with E-state index in [0.29, 0.717) is 25.8 Å². The number of ether oxygens (including phenoxy) is 2. The number of aryl methyl sites for hydroxylation is 1. The summed E-state index contributed by atoms with van der Waals surface area (Å²) in [5.74, 6) is 6.45. The summed E-state index contributed by atoms with van der Waals surface area (Å²) in [6, 6.07) is 0. The molecule has 0 bridgehead atoms. The molecule has 1 aromatic rings. The Morgan fingerprint density at radius 3 is 2.89 bits per heavy atom. The molecule has 0 saturated carbocycles. The van der Waals surface area contributed by atoms with Crippen molar-refractivity contribution in [1.29, 1.82) is 0 Å². The molecule has 0 aliphatic carbocycles. The fraction of sp³-hybridized carbons (Fsp3) is 0.636. The van der Waals surface area contributed by atoms with Gasteiger partial charge in [0, 0.05) is 32.0 Å². The van der Waals surface area contributed by atoms with Crippen LogP contribution in [0.4, 0.5) is 11.8 Å². The minimum Gasteiger partial charge on any atom is -0.382 e. The third kappa shape index (κ3) is 5.26. The fourth-order valence-electron chi connectivity index (χ4n) is 1.32. The SMILES string of the molecule is COCCOCCCNc1nc(NN)ncc1C. The maximum absolute atomic E-state index is 5.36. The first-order chi connectivity index (χ1) is 8.77. The van der Waals surface area contributed by atoms with Gasteiger partial charge in [-0.3, -0.25) is 5.43 Å². The zero-order chi connectivity index (χ0) is 13.2. The predicted octanol–water partition coefficient (Wildman–Crippen LogP) is 0.536. The second-order valence-corrected chi connectivity index (χ2v) is 3.76. The highest BCUT2D eigenvalue weighted by molar-refractivity contribution is 5.45. The number of hydrazine groups is 1. The van der Waals surface area contributed by atoms with Crippen molar-refractivity contribution in [3.8, 4) is 0 Å². The van der Waals surface area contributed by atoms with E-state index in [9.17, 15) is 0 Å². The number of aromatic nitrogens is 2. The molecule has 0 saturated heterocycles. The van der Waals surface area contributed by atoms with Crippen molar-refractivity contribution in [2.24, 2.45) is 5.84 Å². The Labute approximate surface area is 107 Å². The average molecular weight is 255 g/mol. The molecule has 0 atom stereocenters. The highest BCUT2D eigenvalue weighted by Gasteiger charge is 2.01. The van der Waals surface area contributed by atoms with Crippen molar-refractivity contribution in [1.82, 2.24) is 9.97 Å². The molecule has 0 aliphatic heterocycles. The van der Waals surface area contributed by atoms with Gasteiger partial charge in [-0.05, 0) is 13.3 Å². The highest BCUT2D eigenvalue weighted by atomic mass is 16.5. The third-order valence-corrected chi connectivity index (χ3v) is 2.29. The van der Waals surface area contributed by atoms with Gasteiger partial charge in [0.05, 0.1) is 13.2 Å². The van der Waals surface area contributed by atoms with E-state index in [1.807, 2.05) is 6.92 Å². The second kappa shape index (κ2) is 8.62. The van der Waals surface area contributed by atoms with Crippen LogP contribution in [-0.4, -0.2) is 43.4 Å². The van der Waals surface area contributed by atoms with Crippen molar-refractivity contribution < 1.29 is 9.47 Å². The molecule has 102 valence electrons. The lowest BCUT2D eigenvalue weighted by molar-refractivity contribution is 0.0705. The summed E-state index contributed by atoms with van der Waals surface area (Å²) >= 11 is 0. The molecule has 0 fully saturated rings. The van der Waals surface area contributed by atoms with Gasteiger partial charge in [-0.2, -0.15) is 4.98 Å². The molecule has 0 spiro atoms. The molecule has 4 N–H and O–H groups in total. The first-order valence-corrected chi connectivity index (χ1v) is 5.88. The van der Waals surface area contributed by atoms with E-state index >= 15 is 0 Å². The van der Waals surface area contributed by atoms with Crippen molar-refractivity contribution >= 4 is 11.8 Å². The van der Waals surface area contributed by atoms with Crippen molar-refractivity contribution in [3.63, 3.8) is 0 Å². The van der Waals surface area contributed by atoms with Crippen molar-refractivity contribution in [3.05, 3.63) is 11.8 Å². The normalized spacial score (nSPS) is 10.4. The summed E-state index contributed by atoms with van der Waals surface area (Å²) in [5, 5.41) is 3.22. The Bertz CT molecular complexity index is 348.